The third kappa shape index (κ3) is 3.03. The Labute approximate surface area is 137 Å². The molecule has 0 spiro atoms. The molecule has 0 aliphatic carbocycles. The molecule has 2 heterocycles. The maximum absolute atomic E-state index is 12.8. The van der Waals surface area contributed by atoms with Gasteiger partial charge in [-0.25, -0.2) is 0 Å². The van der Waals surface area contributed by atoms with Crippen molar-refractivity contribution in [3.63, 3.8) is 0 Å². The lowest BCUT2D eigenvalue weighted by atomic mass is 10.2. The molecule has 4 nitrogen and oxygen atoms in total. The molecule has 2 aromatic rings. The number of carbonyl (C=O) groups is 1. The van der Waals surface area contributed by atoms with E-state index in [1.807, 2.05) is 46.8 Å². The maximum Gasteiger partial charge on any atom is 0.270 e. The molecule has 3 rings (SSSR count). The average molecular weight is 320 g/mol. The molecule has 1 saturated heterocycles. The van der Waals surface area contributed by atoms with Crippen LogP contribution in [0.1, 0.15) is 17.4 Å². The van der Waals surface area contributed by atoms with Crippen LogP contribution in [0.3, 0.4) is 0 Å². The number of rotatable bonds is 2. The number of benzene rings is 1. The first-order chi connectivity index (χ1) is 10.2. The molecule has 1 aliphatic heterocycles. The van der Waals surface area contributed by atoms with Gasteiger partial charge in [-0.05, 0) is 24.6 Å². The largest absolute Gasteiger partial charge is 0.340 e. The number of nitrogens with one attached hydrogen (secondary N) is 1. The van der Waals surface area contributed by atoms with E-state index in [1.54, 1.807) is 0 Å². The van der Waals surface area contributed by atoms with Gasteiger partial charge in [-0.1, -0.05) is 30.3 Å². The van der Waals surface area contributed by atoms with Gasteiger partial charge < -0.3 is 14.8 Å². The van der Waals surface area contributed by atoms with Crippen LogP contribution in [0.15, 0.2) is 42.5 Å². The number of halogens is 1. The predicted octanol–water partition coefficient (Wildman–Crippen LogP) is 2.55. The second kappa shape index (κ2) is 6.99. The molecule has 0 bridgehead atoms. The summed E-state index contributed by atoms with van der Waals surface area (Å²) in [5.41, 5.74) is 2.96. The first-order valence-electron chi connectivity index (χ1n) is 7.41. The minimum absolute atomic E-state index is 0. The van der Waals surface area contributed by atoms with Crippen molar-refractivity contribution < 1.29 is 4.79 Å². The van der Waals surface area contributed by atoms with Crippen LogP contribution in [0.25, 0.3) is 11.3 Å². The highest BCUT2D eigenvalue weighted by atomic mass is 35.5. The molecule has 1 atom stereocenters. The topological polar surface area (TPSA) is 37.3 Å². The second-order valence-corrected chi connectivity index (χ2v) is 5.58. The summed E-state index contributed by atoms with van der Waals surface area (Å²) < 4.78 is 1.99. The molecule has 0 unspecified atom stereocenters. The lowest BCUT2D eigenvalue weighted by molar-refractivity contribution is 0.0646. The minimum atomic E-state index is 0. The fourth-order valence-electron chi connectivity index (χ4n) is 2.91. The minimum Gasteiger partial charge on any atom is -0.340 e. The van der Waals surface area contributed by atoms with Crippen LogP contribution < -0.4 is 5.32 Å². The molecule has 1 aromatic heterocycles. The van der Waals surface area contributed by atoms with Gasteiger partial charge in [-0.3, -0.25) is 4.79 Å². The van der Waals surface area contributed by atoms with Crippen molar-refractivity contribution in [2.45, 2.75) is 13.0 Å². The Kier molecular flexibility index (Phi) is 5.27. The summed E-state index contributed by atoms with van der Waals surface area (Å²) in [6.07, 6.45) is 0. The molecule has 1 fully saturated rings. The van der Waals surface area contributed by atoms with Gasteiger partial charge in [0.25, 0.3) is 5.91 Å². The Morgan fingerprint density at radius 2 is 1.91 bits per heavy atom. The quantitative estimate of drug-likeness (QED) is 0.923. The van der Waals surface area contributed by atoms with Gasteiger partial charge in [-0.2, -0.15) is 0 Å². The molecule has 1 amide bonds. The van der Waals surface area contributed by atoms with E-state index in [9.17, 15) is 4.79 Å². The van der Waals surface area contributed by atoms with Crippen molar-refractivity contribution in [3.8, 4) is 11.3 Å². The predicted molar refractivity (Wildman–Crippen MR) is 91.5 cm³/mol. The third-order valence-corrected chi connectivity index (χ3v) is 4.17. The molecule has 118 valence electrons. The summed E-state index contributed by atoms with van der Waals surface area (Å²) >= 11 is 0. The van der Waals surface area contributed by atoms with Crippen LogP contribution in [0.5, 0.6) is 0 Å². The zero-order valence-electron chi connectivity index (χ0n) is 13.0. The van der Waals surface area contributed by atoms with Crippen LogP contribution >= 0.6 is 12.4 Å². The maximum atomic E-state index is 12.8. The van der Waals surface area contributed by atoms with E-state index in [1.165, 1.54) is 0 Å². The number of piperazine rings is 1. The zero-order chi connectivity index (χ0) is 14.8. The first kappa shape index (κ1) is 16.6. The SMILES string of the molecule is C[C@H]1CNCCN1C(=O)c1ccc(-c2ccccc2)n1C.Cl. The number of amides is 1. The Hall–Kier alpha value is -1.78. The van der Waals surface area contributed by atoms with Gasteiger partial charge >= 0.3 is 0 Å². The zero-order valence-corrected chi connectivity index (χ0v) is 13.8. The van der Waals surface area contributed by atoms with Gasteiger partial charge in [0.2, 0.25) is 0 Å². The second-order valence-electron chi connectivity index (χ2n) is 5.58. The molecule has 1 aliphatic rings. The lowest BCUT2D eigenvalue weighted by Crippen LogP contribution is -2.52. The summed E-state index contributed by atoms with van der Waals surface area (Å²) in [4.78, 5) is 14.7. The highest BCUT2D eigenvalue weighted by Crippen LogP contribution is 2.22. The summed E-state index contributed by atoms with van der Waals surface area (Å²) in [5.74, 6) is 0.119. The van der Waals surface area contributed by atoms with E-state index >= 15 is 0 Å². The van der Waals surface area contributed by atoms with Gasteiger partial charge in [0.05, 0.1) is 0 Å². The standard InChI is InChI=1S/C17H21N3O.ClH/c1-13-12-18-10-11-20(13)17(21)16-9-8-15(19(16)2)14-6-4-3-5-7-14;/h3-9,13,18H,10-12H2,1-2H3;1H/t13-;/m0./s1. The number of carbonyl (C=O) groups excluding carboxylic acids is 1. The molecular weight excluding hydrogens is 298 g/mol. The smallest absolute Gasteiger partial charge is 0.270 e. The molecule has 0 saturated carbocycles. The van der Waals surface area contributed by atoms with E-state index in [-0.39, 0.29) is 24.4 Å². The molecule has 1 N–H and O–H groups in total. The summed E-state index contributed by atoms with van der Waals surface area (Å²) in [7, 11) is 1.96. The van der Waals surface area contributed by atoms with Gasteiger partial charge in [0.1, 0.15) is 5.69 Å². The van der Waals surface area contributed by atoms with Crippen molar-refractivity contribution in [3.05, 3.63) is 48.2 Å². The van der Waals surface area contributed by atoms with Gasteiger partial charge in [-0.15, -0.1) is 12.4 Å². The lowest BCUT2D eigenvalue weighted by Gasteiger charge is -2.34. The van der Waals surface area contributed by atoms with E-state index < -0.39 is 0 Å². The van der Waals surface area contributed by atoms with Crippen LogP contribution in [0.4, 0.5) is 0 Å². The Morgan fingerprint density at radius 1 is 1.18 bits per heavy atom. The van der Waals surface area contributed by atoms with Gasteiger partial charge in [0, 0.05) is 38.4 Å². The fourth-order valence-corrected chi connectivity index (χ4v) is 2.91. The van der Waals surface area contributed by atoms with Gasteiger partial charge in [0.15, 0.2) is 0 Å². The average Bonchev–Trinajstić information content (AvgIpc) is 2.90. The number of aromatic nitrogens is 1. The highest BCUT2D eigenvalue weighted by molar-refractivity contribution is 5.94. The first-order valence-corrected chi connectivity index (χ1v) is 7.41. The summed E-state index contributed by atoms with van der Waals surface area (Å²) in [6.45, 7) is 4.59. The van der Waals surface area contributed by atoms with Crippen LogP contribution in [-0.4, -0.2) is 41.1 Å². The molecule has 22 heavy (non-hydrogen) atoms. The monoisotopic (exact) mass is 319 g/mol. The number of hydrogen-bond donors (Lipinski definition) is 1. The van der Waals surface area contributed by atoms with E-state index in [0.717, 1.165) is 36.6 Å². The molecule has 1 aromatic carbocycles. The Balaban J connectivity index is 0.00000176. The Morgan fingerprint density at radius 3 is 2.59 bits per heavy atom. The highest BCUT2D eigenvalue weighted by Gasteiger charge is 2.26. The summed E-state index contributed by atoms with van der Waals surface area (Å²) in [5, 5.41) is 3.32. The van der Waals surface area contributed by atoms with E-state index in [0.29, 0.717) is 0 Å². The summed E-state index contributed by atoms with van der Waals surface area (Å²) in [6, 6.07) is 14.4. The van der Waals surface area contributed by atoms with Crippen LogP contribution in [0, 0.1) is 0 Å². The number of hydrogen-bond acceptors (Lipinski definition) is 2. The number of nitrogens with zero attached hydrogens (tertiary/aromatic N) is 2. The van der Waals surface area contributed by atoms with Crippen molar-refractivity contribution in [2.24, 2.45) is 7.05 Å². The Bertz CT molecular complexity index is 639. The van der Waals surface area contributed by atoms with Crippen molar-refractivity contribution in [1.29, 1.82) is 0 Å². The van der Waals surface area contributed by atoms with Crippen molar-refractivity contribution >= 4 is 18.3 Å². The molecular formula is C17H22ClN3O. The van der Waals surface area contributed by atoms with E-state index in [4.69, 9.17) is 0 Å². The third-order valence-electron chi connectivity index (χ3n) is 4.17. The van der Waals surface area contributed by atoms with Crippen LogP contribution in [-0.2, 0) is 7.05 Å². The molecule has 5 heteroatoms. The molecule has 0 radical (unpaired) electrons. The normalized spacial score (nSPS) is 17.9. The van der Waals surface area contributed by atoms with E-state index in [2.05, 4.69) is 24.4 Å². The van der Waals surface area contributed by atoms with Crippen molar-refractivity contribution in [1.82, 2.24) is 14.8 Å². The van der Waals surface area contributed by atoms with Crippen LogP contribution in [0.2, 0.25) is 0 Å². The van der Waals surface area contributed by atoms with Crippen molar-refractivity contribution in [2.75, 3.05) is 19.6 Å². The fraction of sp³-hybridized carbons (Fsp3) is 0.353.